The number of rotatable bonds is 3. The molecule has 18 heavy (non-hydrogen) atoms. The van der Waals surface area contributed by atoms with Gasteiger partial charge < -0.3 is 11.1 Å². The van der Waals surface area contributed by atoms with Gasteiger partial charge >= 0.3 is 0 Å². The van der Waals surface area contributed by atoms with E-state index in [1.54, 1.807) is 0 Å². The lowest BCUT2D eigenvalue weighted by molar-refractivity contribution is 0.508. The summed E-state index contributed by atoms with van der Waals surface area (Å²) in [5.41, 5.74) is 8.33. The number of guanidine groups is 1. The van der Waals surface area contributed by atoms with Crippen molar-refractivity contribution in [3.8, 4) is 0 Å². The van der Waals surface area contributed by atoms with E-state index < -0.39 is 0 Å². The number of hydrogen-bond acceptors (Lipinski definition) is 1. The Morgan fingerprint density at radius 3 is 2.28 bits per heavy atom. The third kappa shape index (κ3) is 7.53. The van der Waals surface area contributed by atoms with Crippen molar-refractivity contribution in [1.29, 1.82) is 0 Å². The number of nitrogens with zero attached hydrogens (tertiary/aromatic N) is 1. The first kappa shape index (κ1) is 17.2. The lowest BCUT2D eigenvalue weighted by Gasteiger charge is -2.20. The molecule has 1 aromatic carbocycles. The molecule has 0 amide bonds. The first-order chi connectivity index (χ1) is 7.87. The average molecular weight is 361 g/mol. The Morgan fingerprint density at radius 1 is 1.22 bits per heavy atom. The minimum Gasteiger partial charge on any atom is -0.370 e. The molecule has 4 heteroatoms. The summed E-state index contributed by atoms with van der Waals surface area (Å²) in [4.78, 5) is 4.31. The number of nitrogens with one attached hydrogen (secondary N) is 1. The van der Waals surface area contributed by atoms with Crippen molar-refractivity contribution in [3.05, 3.63) is 35.4 Å². The molecule has 0 bridgehead atoms. The molecule has 1 rings (SSSR count). The van der Waals surface area contributed by atoms with Gasteiger partial charge in [-0.2, -0.15) is 0 Å². The third-order valence-corrected chi connectivity index (χ3v) is 2.31. The predicted octanol–water partition coefficient (Wildman–Crippen LogP) is 2.86. The Kier molecular flexibility index (Phi) is 7.28. The maximum atomic E-state index is 5.79. The van der Waals surface area contributed by atoms with Gasteiger partial charge in [0, 0.05) is 12.1 Å². The summed E-state index contributed by atoms with van der Waals surface area (Å²) >= 11 is 0. The van der Waals surface area contributed by atoms with Gasteiger partial charge in [-0.1, -0.05) is 29.8 Å². The molecule has 0 saturated carbocycles. The zero-order valence-electron chi connectivity index (χ0n) is 11.7. The number of benzene rings is 1. The van der Waals surface area contributed by atoms with Gasteiger partial charge in [-0.05, 0) is 39.7 Å². The van der Waals surface area contributed by atoms with Gasteiger partial charge in [0.15, 0.2) is 5.96 Å². The molecule has 0 unspecified atom stereocenters. The van der Waals surface area contributed by atoms with Crippen molar-refractivity contribution in [1.82, 2.24) is 5.32 Å². The summed E-state index contributed by atoms with van der Waals surface area (Å²) in [6, 6.07) is 8.52. The number of halogens is 1. The van der Waals surface area contributed by atoms with Crippen LogP contribution < -0.4 is 11.1 Å². The summed E-state index contributed by atoms with van der Waals surface area (Å²) in [5, 5.41) is 3.14. The molecule has 102 valence electrons. The summed E-state index contributed by atoms with van der Waals surface area (Å²) in [5.74, 6) is 0.518. The Balaban J connectivity index is 0.00000289. The lowest BCUT2D eigenvalue weighted by atomic mass is 10.1. The van der Waals surface area contributed by atoms with Crippen LogP contribution in [0.5, 0.6) is 0 Å². The quantitative estimate of drug-likeness (QED) is 0.494. The van der Waals surface area contributed by atoms with E-state index in [1.165, 1.54) is 11.1 Å². The van der Waals surface area contributed by atoms with Gasteiger partial charge in [0.25, 0.3) is 0 Å². The molecule has 1 aromatic rings. The Labute approximate surface area is 127 Å². The third-order valence-electron chi connectivity index (χ3n) is 2.31. The van der Waals surface area contributed by atoms with E-state index in [-0.39, 0.29) is 29.5 Å². The van der Waals surface area contributed by atoms with Crippen LogP contribution in [0, 0.1) is 6.92 Å². The first-order valence-electron chi connectivity index (χ1n) is 6.00. The van der Waals surface area contributed by atoms with E-state index >= 15 is 0 Å². The Bertz CT molecular complexity index is 377. The molecule has 0 spiro atoms. The van der Waals surface area contributed by atoms with Crippen molar-refractivity contribution >= 4 is 29.9 Å². The van der Waals surface area contributed by atoms with Crippen LogP contribution in [0.2, 0.25) is 0 Å². The van der Waals surface area contributed by atoms with E-state index in [2.05, 4.69) is 62.3 Å². The van der Waals surface area contributed by atoms with Gasteiger partial charge in [0.2, 0.25) is 0 Å². The van der Waals surface area contributed by atoms with E-state index in [0.29, 0.717) is 5.96 Å². The van der Waals surface area contributed by atoms with Gasteiger partial charge in [-0.3, -0.25) is 4.99 Å². The van der Waals surface area contributed by atoms with Crippen LogP contribution in [0.3, 0.4) is 0 Å². The van der Waals surface area contributed by atoms with E-state index in [0.717, 1.165) is 13.0 Å². The van der Waals surface area contributed by atoms with Crippen molar-refractivity contribution in [2.45, 2.75) is 39.7 Å². The lowest BCUT2D eigenvalue weighted by Crippen LogP contribution is -2.45. The minimum absolute atomic E-state index is 0. The smallest absolute Gasteiger partial charge is 0.188 e. The molecule has 0 aliphatic rings. The molecule has 0 saturated heterocycles. The van der Waals surface area contributed by atoms with Crippen LogP contribution in [-0.2, 0) is 6.42 Å². The van der Waals surface area contributed by atoms with Gasteiger partial charge in [0.1, 0.15) is 0 Å². The van der Waals surface area contributed by atoms with E-state index in [1.807, 2.05) is 0 Å². The van der Waals surface area contributed by atoms with Crippen LogP contribution in [0.25, 0.3) is 0 Å². The molecule has 0 aliphatic heterocycles. The van der Waals surface area contributed by atoms with Crippen molar-refractivity contribution in [2.24, 2.45) is 10.7 Å². The molecule has 0 radical (unpaired) electrons. The topological polar surface area (TPSA) is 50.4 Å². The molecular formula is C14H24IN3. The van der Waals surface area contributed by atoms with Crippen molar-refractivity contribution in [3.63, 3.8) is 0 Å². The van der Waals surface area contributed by atoms with E-state index in [9.17, 15) is 0 Å². The largest absolute Gasteiger partial charge is 0.370 e. The monoisotopic (exact) mass is 361 g/mol. The normalized spacial score (nSPS) is 11.9. The number of aryl methyl sites for hydroxylation is 1. The van der Waals surface area contributed by atoms with E-state index in [4.69, 9.17) is 5.73 Å². The number of aliphatic imine (C=N–C) groups is 1. The molecule has 0 fully saturated rings. The highest BCUT2D eigenvalue weighted by Crippen LogP contribution is 2.04. The fourth-order valence-corrected chi connectivity index (χ4v) is 1.48. The number of nitrogens with two attached hydrogens (primary N) is 1. The SMILES string of the molecule is Cc1ccc(CCN=C(N)NC(C)(C)C)cc1.I. The van der Waals surface area contributed by atoms with Crippen LogP contribution in [-0.4, -0.2) is 18.0 Å². The molecule has 3 N–H and O–H groups in total. The van der Waals surface area contributed by atoms with Crippen LogP contribution in [0.4, 0.5) is 0 Å². The average Bonchev–Trinajstić information content (AvgIpc) is 2.18. The molecule has 0 atom stereocenters. The zero-order chi connectivity index (χ0) is 12.9. The summed E-state index contributed by atoms with van der Waals surface area (Å²) in [7, 11) is 0. The van der Waals surface area contributed by atoms with Crippen LogP contribution >= 0.6 is 24.0 Å². The summed E-state index contributed by atoms with van der Waals surface area (Å²) < 4.78 is 0. The Hall–Kier alpha value is -0.780. The van der Waals surface area contributed by atoms with Gasteiger partial charge in [-0.15, -0.1) is 24.0 Å². The highest BCUT2D eigenvalue weighted by Gasteiger charge is 2.09. The zero-order valence-corrected chi connectivity index (χ0v) is 14.0. The van der Waals surface area contributed by atoms with Crippen LogP contribution in [0.1, 0.15) is 31.9 Å². The molecule has 0 aliphatic carbocycles. The molecule has 0 heterocycles. The highest BCUT2D eigenvalue weighted by atomic mass is 127. The fraction of sp³-hybridized carbons (Fsp3) is 0.500. The second-order valence-corrected chi connectivity index (χ2v) is 5.38. The van der Waals surface area contributed by atoms with Crippen molar-refractivity contribution in [2.75, 3.05) is 6.54 Å². The van der Waals surface area contributed by atoms with Gasteiger partial charge in [-0.25, -0.2) is 0 Å². The molecule has 0 aromatic heterocycles. The predicted molar refractivity (Wildman–Crippen MR) is 89.7 cm³/mol. The summed E-state index contributed by atoms with van der Waals surface area (Å²) in [6.45, 7) is 9.01. The first-order valence-corrected chi connectivity index (χ1v) is 6.00. The summed E-state index contributed by atoms with van der Waals surface area (Å²) in [6.07, 6.45) is 0.923. The number of hydrogen-bond donors (Lipinski definition) is 2. The maximum absolute atomic E-state index is 5.79. The second-order valence-electron chi connectivity index (χ2n) is 5.38. The van der Waals surface area contributed by atoms with Gasteiger partial charge in [0.05, 0.1) is 0 Å². The minimum atomic E-state index is -0.0303. The highest BCUT2D eigenvalue weighted by molar-refractivity contribution is 14.0. The standard InChI is InChI=1S/C14H23N3.HI/c1-11-5-7-12(8-6-11)9-10-16-13(15)17-14(2,3)4;/h5-8H,9-10H2,1-4H3,(H3,15,16,17);1H. The second kappa shape index (κ2) is 7.61. The Morgan fingerprint density at radius 2 is 1.78 bits per heavy atom. The van der Waals surface area contributed by atoms with Crippen LogP contribution in [0.15, 0.2) is 29.3 Å². The molecular weight excluding hydrogens is 337 g/mol. The fourth-order valence-electron chi connectivity index (χ4n) is 1.48. The maximum Gasteiger partial charge on any atom is 0.188 e. The van der Waals surface area contributed by atoms with Crippen molar-refractivity contribution < 1.29 is 0 Å². The molecule has 3 nitrogen and oxygen atoms in total.